The van der Waals surface area contributed by atoms with Crippen molar-refractivity contribution in [1.29, 1.82) is 0 Å². The first-order valence-electron chi connectivity index (χ1n) is 3.94. The monoisotopic (exact) mass is 152 g/mol. The quantitative estimate of drug-likeness (QED) is 0.491. The molecule has 0 N–H and O–H groups in total. The molecule has 2 heteroatoms. The van der Waals surface area contributed by atoms with Crippen molar-refractivity contribution in [3.8, 4) is 0 Å². The Morgan fingerprint density at radius 1 is 1.27 bits per heavy atom. The number of fused-ring (bicyclic) bond motifs is 2. The molecular weight excluding hydrogens is 140 g/mol. The van der Waals surface area contributed by atoms with Gasteiger partial charge in [0, 0.05) is 12.8 Å². The molecule has 0 aromatic rings. The lowest BCUT2D eigenvalue weighted by atomic mass is 9.93. The van der Waals surface area contributed by atoms with Crippen LogP contribution in [0.2, 0.25) is 0 Å². The number of hydrogen-bond acceptors (Lipinski definition) is 2. The van der Waals surface area contributed by atoms with Gasteiger partial charge < -0.3 is 4.74 Å². The van der Waals surface area contributed by atoms with Crippen LogP contribution in [0, 0.1) is 0 Å². The van der Waals surface area contributed by atoms with E-state index in [2.05, 4.69) is 0 Å². The topological polar surface area (TPSA) is 26.3 Å². The van der Waals surface area contributed by atoms with Crippen molar-refractivity contribution in [3.63, 3.8) is 0 Å². The van der Waals surface area contributed by atoms with Crippen LogP contribution >= 0.6 is 0 Å². The fourth-order valence-electron chi connectivity index (χ4n) is 1.99. The lowest BCUT2D eigenvalue weighted by Crippen LogP contribution is -2.41. The molecule has 2 bridgehead atoms. The maximum Gasteiger partial charge on any atom is 0.139 e. The van der Waals surface area contributed by atoms with Crippen molar-refractivity contribution >= 4 is 5.78 Å². The molecule has 0 amide bonds. The Balaban J connectivity index is 2.35. The molecule has 2 nitrogen and oxygen atoms in total. The van der Waals surface area contributed by atoms with Crippen LogP contribution in [0.5, 0.6) is 0 Å². The molecule has 0 spiro atoms. The lowest BCUT2D eigenvalue weighted by Gasteiger charge is -2.35. The summed E-state index contributed by atoms with van der Waals surface area (Å²) in [6.07, 6.45) is 5.11. The maximum absolute atomic E-state index is 11.2. The first-order valence-corrected chi connectivity index (χ1v) is 3.94. The largest absolute Gasteiger partial charge is 0.360 e. The van der Waals surface area contributed by atoms with E-state index < -0.39 is 0 Å². The van der Waals surface area contributed by atoms with E-state index in [1.165, 1.54) is 0 Å². The van der Waals surface area contributed by atoms with Gasteiger partial charge >= 0.3 is 0 Å². The molecule has 2 heterocycles. The first kappa shape index (κ1) is 7.04. The summed E-state index contributed by atoms with van der Waals surface area (Å²) < 4.78 is 5.71. The van der Waals surface area contributed by atoms with Crippen molar-refractivity contribution in [2.24, 2.45) is 0 Å². The molecule has 1 saturated heterocycles. The van der Waals surface area contributed by atoms with Gasteiger partial charge in [-0.15, -0.1) is 0 Å². The number of ketones is 1. The van der Waals surface area contributed by atoms with E-state index in [0.717, 1.165) is 0 Å². The highest BCUT2D eigenvalue weighted by atomic mass is 16.5. The fourth-order valence-corrected chi connectivity index (χ4v) is 1.99. The van der Waals surface area contributed by atoms with Crippen LogP contribution in [0.3, 0.4) is 0 Å². The number of carbonyl (C=O) groups excluding carboxylic acids is 1. The van der Waals surface area contributed by atoms with E-state index in [1.54, 1.807) is 0 Å². The smallest absolute Gasteiger partial charge is 0.139 e. The number of carbonyl (C=O) groups is 1. The minimum absolute atomic E-state index is 0.302. The summed E-state index contributed by atoms with van der Waals surface area (Å²) in [6, 6.07) is 0. The Morgan fingerprint density at radius 2 is 1.73 bits per heavy atom. The van der Waals surface area contributed by atoms with Gasteiger partial charge in [0.25, 0.3) is 0 Å². The van der Waals surface area contributed by atoms with Crippen molar-refractivity contribution in [2.75, 3.05) is 0 Å². The second kappa shape index (κ2) is 1.75. The predicted molar refractivity (Wildman–Crippen MR) is 41.3 cm³/mol. The Hall–Kier alpha value is -0.630. The van der Waals surface area contributed by atoms with E-state index in [9.17, 15) is 4.79 Å². The zero-order valence-electron chi connectivity index (χ0n) is 6.89. The van der Waals surface area contributed by atoms with E-state index in [4.69, 9.17) is 4.74 Å². The van der Waals surface area contributed by atoms with Gasteiger partial charge in [-0.1, -0.05) is 12.2 Å². The maximum atomic E-state index is 11.2. The van der Waals surface area contributed by atoms with Gasteiger partial charge in [-0.2, -0.15) is 0 Å². The molecule has 11 heavy (non-hydrogen) atoms. The molecule has 0 aliphatic carbocycles. The number of hydrogen-bond donors (Lipinski definition) is 0. The Kier molecular flexibility index (Phi) is 1.12. The average molecular weight is 152 g/mol. The second-order valence-electron chi connectivity index (χ2n) is 3.95. The Labute approximate surface area is 66.2 Å². The summed E-state index contributed by atoms with van der Waals surface area (Å²) in [6.45, 7) is 3.93. The lowest BCUT2D eigenvalue weighted by molar-refractivity contribution is -0.147. The van der Waals surface area contributed by atoms with Gasteiger partial charge in [0.2, 0.25) is 0 Å². The molecule has 0 aromatic carbocycles. The van der Waals surface area contributed by atoms with Gasteiger partial charge in [0.1, 0.15) is 5.78 Å². The third-order valence-electron chi connectivity index (χ3n) is 2.35. The van der Waals surface area contributed by atoms with E-state index in [1.807, 2.05) is 26.0 Å². The summed E-state index contributed by atoms with van der Waals surface area (Å²) in [5.74, 6) is 0.311. The summed E-state index contributed by atoms with van der Waals surface area (Å²) in [4.78, 5) is 11.2. The molecule has 2 rings (SSSR count). The van der Waals surface area contributed by atoms with Gasteiger partial charge in [-0.25, -0.2) is 0 Å². The highest BCUT2D eigenvalue weighted by molar-refractivity contribution is 5.82. The molecule has 0 unspecified atom stereocenters. The minimum Gasteiger partial charge on any atom is -0.360 e. The molecule has 60 valence electrons. The summed E-state index contributed by atoms with van der Waals surface area (Å²) in [5, 5.41) is 0. The zero-order valence-corrected chi connectivity index (χ0v) is 6.89. The van der Waals surface area contributed by atoms with Crippen LogP contribution in [-0.2, 0) is 9.53 Å². The highest BCUT2D eigenvalue weighted by Crippen LogP contribution is 2.40. The number of Topliss-reactive ketones (excluding diaryl/α,β-unsaturated/α-hetero) is 1. The molecule has 0 saturated carbocycles. The summed E-state index contributed by atoms with van der Waals surface area (Å²) >= 11 is 0. The SMILES string of the molecule is C[C@]12C=C[C@](C)(CC(=O)C1)O2. The fraction of sp³-hybridized carbons (Fsp3) is 0.667. The molecule has 2 aliphatic rings. The molecule has 0 aromatic heterocycles. The van der Waals surface area contributed by atoms with Crippen molar-refractivity contribution in [3.05, 3.63) is 12.2 Å². The number of rotatable bonds is 0. The van der Waals surface area contributed by atoms with Gasteiger partial charge in [0.15, 0.2) is 0 Å². The molecule has 1 fully saturated rings. The normalized spacial score (nSPS) is 48.4. The standard InChI is InChI=1S/C9H12O2/c1-8-3-4-9(2,11-8)6-7(10)5-8/h3-4H,5-6H2,1-2H3/t8-,9+. The van der Waals surface area contributed by atoms with E-state index in [0.29, 0.717) is 18.6 Å². The van der Waals surface area contributed by atoms with Crippen LogP contribution in [0.25, 0.3) is 0 Å². The van der Waals surface area contributed by atoms with Crippen LogP contribution in [0.4, 0.5) is 0 Å². The van der Waals surface area contributed by atoms with Crippen molar-refractivity contribution in [1.82, 2.24) is 0 Å². The summed E-state index contributed by atoms with van der Waals surface area (Å²) in [5.41, 5.74) is -0.603. The van der Waals surface area contributed by atoms with Crippen LogP contribution in [0.15, 0.2) is 12.2 Å². The van der Waals surface area contributed by atoms with Crippen molar-refractivity contribution < 1.29 is 9.53 Å². The first-order chi connectivity index (χ1) is 5.02. The van der Waals surface area contributed by atoms with Gasteiger partial charge in [-0.05, 0) is 13.8 Å². The molecule has 2 aliphatic heterocycles. The predicted octanol–water partition coefficient (Wildman–Crippen LogP) is 1.45. The van der Waals surface area contributed by atoms with Gasteiger partial charge in [-0.3, -0.25) is 4.79 Å². The third-order valence-corrected chi connectivity index (χ3v) is 2.35. The second-order valence-corrected chi connectivity index (χ2v) is 3.95. The van der Waals surface area contributed by atoms with E-state index in [-0.39, 0.29) is 11.2 Å². The molecular formula is C9H12O2. The van der Waals surface area contributed by atoms with Crippen LogP contribution < -0.4 is 0 Å². The van der Waals surface area contributed by atoms with Crippen LogP contribution in [-0.4, -0.2) is 17.0 Å². The average Bonchev–Trinajstić information content (AvgIpc) is 2.01. The van der Waals surface area contributed by atoms with E-state index >= 15 is 0 Å². The number of ether oxygens (including phenoxy) is 1. The third kappa shape index (κ3) is 1.02. The molecule has 0 radical (unpaired) electrons. The van der Waals surface area contributed by atoms with Gasteiger partial charge in [0.05, 0.1) is 11.2 Å². The minimum atomic E-state index is -0.302. The Bertz CT molecular complexity index is 222. The summed E-state index contributed by atoms with van der Waals surface area (Å²) in [7, 11) is 0. The molecule has 2 atom stereocenters. The highest BCUT2D eigenvalue weighted by Gasteiger charge is 2.45. The van der Waals surface area contributed by atoms with Crippen molar-refractivity contribution in [2.45, 2.75) is 37.9 Å². The van der Waals surface area contributed by atoms with Crippen LogP contribution in [0.1, 0.15) is 26.7 Å². The Morgan fingerprint density at radius 3 is 2.18 bits per heavy atom. The zero-order chi connectivity index (χ0) is 8.11.